The van der Waals surface area contributed by atoms with E-state index < -0.39 is 0 Å². The third kappa shape index (κ3) is 3.60. The van der Waals surface area contributed by atoms with E-state index in [4.69, 9.17) is 18.9 Å². The number of carbonyl (C=O) groups excluding carboxylic acids is 1. The van der Waals surface area contributed by atoms with Crippen LogP contribution in [0.2, 0.25) is 0 Å². The van der Waals surface area contributed by atoms with Crippen molar-refractivity contribution in [1.29, 1.82) is 0 Å². The Balaban J connectivity index is 2.01. The van der Waals surface area contributed by atoms with E-state index in [1.807, 2.05) is 36.4 Å². The summed E-state index contributed by atoms with van der Waals surface area (Å²) in [5.41, 5.74) is 2.50. The van der Waals surface area contributed by atoms with Gasteiger partial charge >= 0.3 is 0 Å². The number of hydrazone groups is 1. The zero-order valence-corrected chi connectivity index (χ0v) is 16.7. The van der Waals surface area contributed by atoms with Gasteiger partial charge in [0.2, 0.25) is 5.91 Å². The number of amides is 1. The van der Waals surface area contributed by atoms with Gasteiger partial charge in [0.05, 0.1) is 40.2 Å². The molecular formula is C21H24N2O5. The summed E-state index contributed by atoms with van der Waals surface area (Å²) in [7, 11) is 6.39. The maximum atomic E-state index is 12.3. The van der Waals surface area contributed by atoms with Crippen molar-refractivity contribution in [3.05, 3.63) is 47.5 Å². The van der Waals surface area contributed by atoms with Gasteiger partial charge in [-0.1, -0.05) is 0 Å². The molecule has 148 valence electrons. The fourth-order valence-electron chi connectivity index (χ4n) is 3.33. The van der Waals surface area contributed by atoms with Crippen LogP contribution in [0.1, 0.15) is 30.5 Å². The molecule has 1 aliphatic rings. The molecule has 0 saturated heterocycles. The molecule has 0 fully saturated rings. The van der Waals surface area contributed by atoms with Crippen LogP contribution in [0.25, 0.3) is 0 Å². The molecule has 2 aromatic rings. The van der Waals surface area contributed by atoms with Gasteiger partial charge in [0.25, 0.3) is 0 Å². The van der Waals surface area contributed by atoms with Gasteiger partial charge in [-0.2, -0.15) is 5.10 Å². The Morgan fingerprint density at radius 1 is 0.929 bits per heavy atom. The van der Waals surface area contributed by atoms with Crippen LogP contribution in [0, 0.1) is 0 Å². The Labute approximate surface area is 164 Å². The van der Waals surface area contributed by atoms with E-state index in [1.165, 1.54) is 11.9 Å². The van der Waals surface area contributed by atoms with E-state index in [0.29, 0.717) is 29.4 Å². The molecule has 0 bridgehead atoms. The summed E-state index contributed by atoms with van der Waals surface area (Å²) in [6.45, 7) is 1.50. The first-order valence-corrected chi connectivity index (χ1v) is 8.84. The molecule has 28 heavy (non-hydrogen) atoms. The Kier molecular flexibility index (Phi) is 5.73. The van der Waals surface area contributed by atoms with Crippen LogP contribution in [-0.2, 0) is 4.79 Å². The number of hydrogen-bond donors (Lipinski definition) is 0. The van der Waals surface area contributed by atoms with Crippen LogP contribution in [-0.4, -0.2) is 45.1 Å². The zero-order valence-electron chi connectivity index (χ0n) is 16.7. The van der Waals surface area contributed by atoms with Gasteiger partial charge in [-0.25, -0.2) is 5.01 Å². The summed E-state index contributed by atoms with van der Waals surface area (Å²) < 4.78 is 21.6. The maximum absolute atomic E-state index is 12.3. The van der Waals surface area contributed by atoms with Crippen LogP contribution in [0.5, 0.6) is 23.0 Å². The molecule has 7 heteroatoms. The van der Waals surface area contributed by atoms with Crippen LogP contribution >= 0.6 is 0 Å². The molecule has 0 aromatic heterocycles. The van der Waals surface area contributed by atoms with Gasteiger partial charge < -0.3 is 18.9 Å². The highest BCUT2D eigenvalue weighted by Crippen LogP contribution is 2.40. The average molecular weight is 384 g/mol. The smallest absolute Gasteiger partial charge is 0.240 e. The molecule has 3 rings (SSSR count). The molecule has 0 spiro atoms. The molecule has 1 heterocycles. The van der Waals surface area contributed by atoms with Crippen LogP contribution in [0.3, 0.4) is 0 Å². The molecule has 0 saturated carbocycles. The number of rotatable bonds is 6. The number of ether oxygens (including phenoxy) is 4. The lowest BCUT2D eigenvalue weighted by Gasteiger charge is -2.22. The first-order valence-electron chi connectivity index (χ1n) is 8.84. The predicted molar refractivity (Wildman–Crippen MR) is 106 cm³/mol. The minimum absolute atomic E-state index is 0.148. The van der Waals surface area contributed by atoms with Gasteiger partial charge in [-0.05, 0) is 36.4 Å². The van der Waals surface area contributed by atoms with Crippen molar-refractivity contribution in [2.75, 3.05) is 28.4 Å². The molecule has 1 amide bonds. The molecule has 1 atom stereocenters. The Morgan fingerprint density at radius 2 is 1.61 bits per heavy atom. The first kappa shape index (κ1) is 19.5. The van der Waals surface area contributed by atoms with Gasteiger partial charge in [0.15, 0.2) is 11.5 Å². The quantitative estimate of drug-likeness (QED) is 0.763. The summed E-state index contributed by atoms with van der Waals surface area (Å²) in [4.78, 5) is 12.3. The van der Waals surface area contributed by atoms with Gasteiger partial charge in [0.1, 0.15) is 11.5 Å². The van der Waals surface area contributed by atoms with Crippen LogP contribution in [0.4, 0.5) is 0 Å². The van der Waals surface area contributed by atoms with Crippen molar-refractivity contribution < 1.29 is 23.7 Å². The van der Waals surface area contributed by atoms with E-state index in [2.05, 4.69) is 5.10 Å². The molecule has 0 N–H and O–H groups in total. The lowest BCUT2D eigenvalue weighted by molar-refractivity contribution is -0.130. The average Bonchev–Trinajstić information content (AvgIpc) is 3.18. The summed E-state index contributed by atoms with van der Waals surface area (Å²) in [6.07, 6.45) is 0.540. The minimum Gasteiger partial charge on any atom is -0.497 e. The molecule has 0 radical (unpaired) electrons. The highest BCUT2D eigenvalue weighted by molar-refractivity contribution is 6.03. The zero-order chi connectivity index (χ0) is 20.3. The normalized spacial score (nSPS) is 15.8. The third-order valence-electron chi connectivity index (χ3n) is 4.75. The lowest BCUT2D eigenvalue weighted by atomic mass is 9.97. The Hall–Kier alpha value is -3.22. The van der Waals surface area contributed by atoms with Gasteiger partial charge in [-0.3, -0.25) is 4.79 Å². The van der Waals surface area contributed by atoms with E-state index in [0.717, 1.165) is 16.8 Å². The van der Waals surface area contributed by atoms with E-state index in [1.54, 1.807) is 28.4 Å². The predicted octanol–water partition coefficient (Wildman–Crippen LogP) is 3.42. The largest absolute Gasteiger partial charge is 0.497 e. The standard InChI is InChI=1S/C21H24N2O5/c1-13(24)23-18(16-11-15(25-2)7-9-19(16)26-3)12-17(22-23)14-6-8-20(27-4)21(10-14)28-5/h6-11,18H,12H2,1-5H3. The van der Waals surface area contributed by atoms with Crippen molar-refractivity contribution in [3.8, 4) is 23.0 Å². The van der Waals surface area contributed by atoms with E-state index in [9.17, 15) is 4.79 Å². The van der Waals surface area contributed by atoms with Gasteiger partial charge in [0, 0.05) is 24.5 Å². The molecule has 7 nitrogen and oxygen atoms in total. The SMILES string of the molecule is COc1ccc(OC)c(C2CC(c3ccc(OC)c(OC)c3)=NN2C(C)=O)c1. The van der Waals surface area contributed by atoms with Crippen LogP contribution in [0.15, 0.2) is 41.5 Å². The second kappa shape index (κ2) is 8.21. The highest BCUT2D eigenvalue weighted by atomic mass is 16.5. The number of benzene rings is 2. The van der Waals surface area contributed by atoms with Crippen molar-refractivity contribution in [2.24, 2.45) is 5.10 Å². The lowest BCUT2D eigenvalue weighted by Crippen LogP contribution is -2.24. The first-order chi connectivity index (χ1) is 13.5. The van der Waals surface area contributed by atoms with Gasteiger partial charge in [-0.15, -0.1) is 0 Å². The maximum Gasteiger partial charge on any atom is 0.240 e. The Morgan fingerprint density at radius 3 is 2.21 bits per heavy atom. The number of carbonyl (C=O) groups is 1. The fraction of sp³-hybridized carbons (Fsp3) is 0.333. The molecule has 1 unspecified atom stereocenters. The van der Waals surface area contributed by atoms with Crippen molar-refractivity contribution in [1.82, 2.24) is 5.01 Å². The summed E-state index contributed by atoms with van der Waals surface area (Å²) >= 11 is 0. The van der Waals surface area contributed by atoms with Crippen molar-refractivity contribution in [2.45, 2.75) is 19.4 Å². The molecule has 1 aliphatic heterocycles. The van der Waals surface area contributed by atoms with E-state index in [-0.39, 0.29) is 11.9 Å². The van der Waals surface area contributed by atoms with Crippen LogP contribution < -0.4 is 18.9 Å². The number of methoxy groups -OCH3 is 4. The van der Waals surface area contributed by atoms with Crippen molar-refractivity contribution >= 4 is 11.6 Å². The summed E-state index contributed by atoms with van der Waals surface area (Å²) in [5.74, 6) is 2.48. The highest BCUT2D eigenvalue weighted by Gasteiger charge is 2.33. The fourth-order valence-corrected chi connectivity index (χ4v) is 3.33. The topological polar surface area (TPSA) is 69.6 Å². The minimum atomic E-state index is -0.286. The monoisotopic (exact) mass is 384 g/mol. The second-order valence-corrected chi connectivity index (χ2v) is 6.31. The summed E-state index contributed by atoms with van der Waals surface area (Å²) in [5, 5.41) is 6.07. The molecule has 2 aromatic carbocycles. The third-order valence-corrected chi connectivity index (χ3v) is 4.75. The van der Waals surface area contributed by atoms with E-state index >= 15 is 0 Å². The Bertz CT molecular complexity index is 910. The second-order valence-electron chi connectivity index (χ2n) is 6.31. The molecular weight excluding hydrogens is 360 g/mol. The van der Waals surface area contributed by atoms with Crippen molar-refractivity contribution in [3.63, 3.8) is 0 Å². The molecule has 0 aliphatic carbocycles. The summed E-state index contributed by atoms with van der Waals surface area (Å²) in [6, 6.07) is 10.9. The number of nitrogens with zero attached hydrogens (tertiary/aromatic N) is 2. The number of hydrogen-bond acceptors (Lipinski definition) is 6.